The lowest BCUT2D eigenvalue weighted by Gasteiger charge is -2.14. The number of para-hydroxylation sites is 2. The molecule has 27 heavy (non-hydrogen) atoms. The number of halogens is 1. The molecule has 4 rings (SSSR count). The molecular formula is C23H20FNO2. The Balaban J connectivity index is 1.96. The van der Waals surface area contributed by atoms with Crippen molar-refractivity contribution in [2.24, 2.45) is 4.99 Å². The van der Waals surface area contributed by atoms with E-state index >= 15 is 0 Å². The third-order valence-corrected chi connectivity index (χ3v) is 4.65. The van der Waals surface area contributed by atoms with Crippen LogP contribution in [0.4, 0.5) is 10.1 Å². The van der Waals surface area contributed by atoms with E-state index in [0.29, 0.717) is 40.1 Å². The van der Waals surface area contributed by atoms with E-state index in [1.54, 1.807) is 0 Å². The zero-order valence-electron chi connectivity index (χ0n) is 15.5. The van der Waals surface area contributed by atoms with Gasteiger partial charge in [-0.1, -0.05) is 50.2 Å². The molecule has 0 saturated heterocycles. The second-order valence-corrected chi connectivity index (χ2v) is 6.79. The van der Waals surface area contributed by atoms with Crippen LogP contribution < -0.4 is 9.47 Å². The molecule has 1 aliphatic rings. The minimum atomic E-state index is -0.397. The molecule has 0 radical (unpaired) electrons. The van der Waals surface area contributed by atoms with Gasteiger partial charge in [0.2, 0.25) is 0 Å². The van der Waals surface area contributed by atoms with Gasteiger partial charge in [0.1, 0.15) is 11.5 Å². The largest absolute Gasteiger partial charge is 0.493 e. The topological polar surface area (TPSA) is 30.8 Å². The molecule has 0 fully saturated rings. The summed E-state index contributed by atoms with van der Waals surface area (Å²) in [5, 5.41) is 0. The first-order chi connectivity index (χ1) is 13.1. The molecule has 1 heterocycles. The van der Waals surface area contributed by atoms with Crippen molar-refractivity contribution in [1.82, 2.24) is 0 Å². The Morgan fingerprint density at radius 1 is 1.00 bits per heavy atom. The van der Waals surface area contributed by atoms with Crippen molar-refractivity contribution >= 4 is 11.4 Å². The fourth-order valence-corrected chi connectivity index (χ4v) is 3.17. The molecule has 1 aliphatic heterocycles. The molecule has 0 spiro atoms. The zero-order chi connectivity index (χ0) is 19.0. The molecule has 0 aromatic heterocycles. The second-order valence-electron chi connectivity index (χ2n) is 6.79. The summed E-state index contributed by atoms with van der Waals surface area (Å²) in [4.78, 5) is 4.81. The van der Waals surface area contributed by atoms with Gasteiger partial charge in [-0.25, -0.2) is 9.38 Å². The smallest absolute Gasteiger partial charge is 0.178 e. The van der Waals surface area contributed by atoms with Gasteiger partial charge in [-0.2, -0.15) is 0 Å². The fourth-order valence-electron chi connectivity index (χ4n) is 3.17. The van der Waals surface area contributed by atoms with Crippen LogP contribution in [0, 0.1) is 5.82 Å². The number of rotatable bonds is 3. The maximum Gasteiger partial charge on any atom is 0.178 e. The van der Waals surface area contributed by atoms with Crippen molar-refractivity contribution in [3.63, 3.8) is 0 Å². The van der Waals surface area contributed by atoms with Crippen molar-refractivity contribution in [1.29, 1.82) is 0 Å². The summed E-state index contributed by atoms with van der Waals surface area (Å²) < 4.78 is 25.7. The van der Waals surface area contributed by atoms with Crippen LogP contribution in [0.15, 0.2) is 65.7 Å². The first kappa shape index (κ1) is 17.3. The molecule has 0 unspecified atom stereocenters. The van der Waals surface area contributed by atoms with Crippen LogP contribution in [0.1, 0.15) is 36.5 Å². The van der Waals surface area contributed by atoms with Gasteiger partial charge in [-0.05, 0) is 29.7 Å². The molecule has 3 nitrogen and oxygen atoms in total. The standard InChI is InChI=1S/C23H20FNO2/c1-14(2)15-8-10-16(11-9-15)22-18-12-17(24)13-21(26-3)23(18)27-20-7-5-4-6-19(20)25-22/h4-14H,1-3H3. The summed E-state index contributed by atoms with van der Waals surface area (Å²) in [7, 11) is 1.50. The maximum absolute atomic E-state index is 14.3. The second kappa shape index (κ2) is 6.88. The van der Waals surface area contributed by atoms with Crippen LogP contribution in [0.5, 0.6) is 17.2 Å². The predicted molar refractivity (Wildman–Crippen MR) is 105 cm³/mol. The Bertz CT molecular complexity index is 1020. The van der Waals surface area contributed by atoms with Gasteiger partial charge in [0, 0.05) is 11.6 Å². The maximum atomic E-state index is 14.3. The Hall–Kier alpha value is -3.14. The van der Waals surface area contributed by atoms with Crippen LogP contribution >= 0.6 is 0 Å². The number of methoxy groups -OCH3 is 1. The monoisotopic (exact) mass is 361 g/mol. The van der Waals surface area contributed by atoms with E-state index in [9.17, 15) is 4.39 Å². The zero-order valence-corrected chi connectivity index (χ0v) is 15.5. The van der Waals surface area contributed by atoms with Crippen LogP contribution in [-0.4, -0.2) is 12.8 Å². The van der Waals surface area contributed by atoms with Crippen LogP contribution in [0.3, 0.4) is 0 Å². The predicted octanol–water partition coefficient (Wildman–Crippen LogP) is 6.23. The lowest BCUT2D eigenvalue weighted by atomic mass is 9.96. The molecule has 136 valence electrons. The summed E-state index contributed by atoms with van der Waals surface area (Å²) in [5.41, 5.74) is 4.05. The summed E-state index contributed by atoms with van der Waals surface area (Å²) in [6, 6.07) is 18.5. The van der Waals surface area contributed by atoms with Crippen LogP contribution in [0.2, 0.25) is 0 Å². The van der Waals surface area contributed by atoms with Crippen molar-refractivity contribution in [2.45, 2.75) is 19.8 Å². The van der Waals surface area contributed by atoms with E-state index in [1.165, 1.54) is 24.8 Å². The molecule has 0 amide bonds. The summed E-state index contributed by atoms with van der Waals surface area (Å²) >= 11 is 0. The first-order valence-electron chi connectivity index (χ1n) is 8.90. The van der Waals surface area contributed by atoms with E-state index in [2.05, 4.69) is 26.0 Å². The van der Waals surface area contributed by atoms with Crippen molar-refractivity contribution in [3.05, 3.63) is 83.2 Å². The fraction of sp³-hybridized carbons (Fsp3) is 0.174. The van der Waals surface area contributed by atoms with Crippen molar-refractivity contribution < 1.29 is 13.9 Å². The van der Waals surface area contributed by atoms with Gasteiger partial charge in [0.25, 0.3) is 0 Å². The molecular weight excluding hydrogens is 341 g/mol. The van der Waals surface area contributed by atoms with E-state index in [0.717, 1.165) is 5.56 Å². The van der Waals surface area contributed by atoms with Gasteiger partial charge in [-0.15, -0.1) is 0 Å². The molecule has 0 bridgehead atoms. The third-order valence-electron chi connectivity index (χ3n) is 4.65. The van der Waals surface area contributed by atoms with E-state index in [4.69, 9.17) is 14.5 Å². The highest BCUT2D eigenvalue weighted by Gasteiger charge is 2.24. The highest BCUT2D eigenvalue weighted by atomic mass is 19.1. The van der Waals surface area contributed by atoms with Gasteiger partial charge in [0.05, 0.1) is 18.4 Å². The van der Waals surface area contributed by atoms with Gasteiger partial charge >= 0.3 is 0 Å². The van der Waals surface area contributed by atoms with Gasteiger partial charge < -0.3 is 9.47 Å². The normalized spacial score (nSPS) is 12.6. The quantitative estimate of drug-likeness (QED) is 0.433. The van der Waals surface area contributed by atoms with E-state index < -0.39 is 5.82 Å². The van der Waals surface area contributed by atoms with E-state index in [1.807, 2.05) is 36.4 Å². The number of benzene rings is 3. The molecule has 0 atom stereocenters. The summed E-state index contributed by atoms with van der Waals surface area (Å²) in [6.45, 7) is 4.30. The number of fused-ring (bicyclic) bond motifs is 2. The minimum absolute atomic E-state index is 0.341. The number of hydrogen-bond donors (Lipinski definition) is 0. The number of ether oxygens (including phenoxy) is 2. The minimum Gasteiger partial charge on any atom is -0.493 e. The average molecular weight is 361 g/mol. The molecule has 0 N–H and O–H groups in total. The Kier molecular flexibility index (Phi) is 4.40. The molecule has 0 saturated carbocycles. The lowest BCUT2D eigenvalue weighted by Crippen LogP contribution is -2.06. The summed E-state index contributed by atoms with van der Waals surface area (Å²) in [6.07, 6.45) is 0. The lowest BCUT2D eigenvalue weighted by molar-refractivity contribution is 0.376. The molecule has 4 heteroatoms. The number of aliphatic imine (C=N–C) groups is 1. The highest BCUT2D eigenvalue weighted by molar-refractivity contribution is 6.16. The molecule has 0 aliphatic carbocycles. The SMILES string of the molecule is COc1cc(F)cc2c1Oc1ccccc1N=C2c1ccc(C(C)C)cc1. The van der Waals surface area contributed by atoms with Crippen LogP contribution in [-0.2, 0) is 0 Å². The molecule has 3 aromatic rings. The number of nitrogens with zero attached hydrogens (tertiary/aromatic N) is 1. The van der Waals surface area contributed by atoms with Gasteiger partial charge in [-0.3, -0.25) is 0 Å². The van der Waals surface area contributed by atoms with Crippen LogP contribution in [0.25, 0.3) is 0 Å². The molecule has 3 aromatic carbocycles. The van der Waals surface area contributed by atoms with Crippen molar-refractivity contribution in [2.75, 3.05) is 7.11 Å². The van der Waals surface area contributed by atoms with E-state index in [-0.39, 0.29) is 0 Å². The van der Waals surface area contributed by atoms with Crippen molar-refractivity contribution in [3.8, 4) is 17.2 Å². The number of hydrogen-bond acceptors (Lipinski definition) is 3. The Morgan fingerprint density at radius 2 is 1.74 bits per heavy atom. The highest BCUT2D eigenvalue weighted by Crippen LogP contribution is 2.43. The Morgan fingerprint density at radius 3 is 2.44 bits per heavy atom. The summed E-state index contributed by atoms with van der Waals surface area (Å²) in [5.74, 6) is 1.46. The van der Waals surface area contributed by atoms with Gasteiger partial charge in [0.15, 0.2) is 17.2 Å². The average Bonchev–Trinajstić information content (AvgIpc) is 2.84. The first-order valence-corrected chi connectivity index (χ1v) is 8.90. The Labute approximate surface area is 158 Å². The third kappa shape index (κ3) is 3.19.